The number of hydrogen-bond acceptors (Lipinski definition) is 2. The summed E-state index contributed by atoms with van der Waals surface area (Å²) in [5.74, 6) is -2.15. The van der Waals surface area contributed by atoms with Crippen molar-refractivity contribution in [2.75, 3.05) is 11.9 Å². The fourth-order valence-corrected chi connectivity index (χ4v) is 1.98. The second kappa shape index (κ2) is 7.04. The van der Waals surface area contributed by atoms with Gasteiger partial charge in [0.1, 0.15) is 23.1 Å². The number of nitrogens with one attached hydrogen (secondary N) is 1. The summed E-state index contributed by atoms with van der Waals surface area (Å²) in [7, 11) is 0. The van der Waals surface area contributed by atoms with Gasteiger partial charge in [0.25, 0.3) is 0 Å². The first-order chi connectivity index (χ1) is 10.8. The topological polar surface area (TPSA) is 21.3 Å². The lowest BCUT2D eigenvalue weighted by Gasteiger charge is -2.18. The lowest BCUT2D eigenvalue weighted by molar-refractivity contribution is 0.0599. The molecule has 0 amide bonds. The van der Waals surface area contributed by atoms with E-state index in [0.29, 0.717) is 13.2 Å². The van der Waals surface area contributed by atoms with E-state index in [4.69, 9.17) is 4.74 Å². The minimum atomic E-state index is -0.779. The van der Waals surface area contributed by atoms with Crippen molar-refractivity contribution in [1.82, 2.24) is 0 Å². The molecule has 0 aromatic heterocycles. The number of anilines is 2. The lowest BCUT2D eigenvalue weighted by atomic mass is 9.99. The summed E-state index contributed by atoms with van der Waals surface area (Å²) in [6.45, 7) is 6.99. The minimum absolute atomic E-state index is 0.00542. The molecule has 2 aromatic rings. The Hall–Kier alpha value is -2.01. The molecule has 2 nitrogen and oxygen atoms in total. The number of rotatable bonds is 5. The fourth-order valence-electron chi connectivity index (χ4n) is 1.98. The van der Waals surface area contributed by atoms with Gasteiger partial charge in [-0.05, 0) is 35.2 Å². The Bertz CT molecular complexity index is 660. The summed E-state index contributed by atoms with van der Waals surface area (Å²) < 4.78 is 46.8. The van der Waals surface area contributed by atoms with Crippen LogP contribution in [0, 0.1) is 22.9 Å². The molecule has 0 radical (unpaired) electrons. The quantitative estimate of drug-likeness (QED) is 0.794. The molecule has 0 aliphatic heterocycles. The van der Waals surface area contributed by atoms with Crippen LogP contribution in [0.3, 0.4) is 0 Å². The Kier molecular flexibility index (Phi) is 5.31. The van der Waals surface area contributed by atoms with E-state index in [1.807, 2.05) is 20.8 Å². The van der Waals surface area contributed by atoms with Crippen LogP contribution < -0.4 is 5.32 Å². The summed E-state index contributed by atoms with van der Waals surface area (Å²) in [6, 6.07) is 7.80. The smallest absolute Gasteiger partial charge is 0.149 e. The fraction of sp³-hybridized carbons (Fsp3) is 0.333. The first kappa shape index (κ1) is 17.3. The standard InChI is InChI=1S/C18H20F3NO/c1-18(2,3)11-23-10-12-7-8-13(19)16(9-12)22-17-14(20)5-4-6-15(17)21/h4-9,22H,10-11H2,1-3H3. The Morgan fingerprint density at radius 1 is 0.957 bits per heavy atom. The first-order valence-corrected chi connectivity index (χ1v) is 7.33. The molecule has 0 aliphatic rings. The molecular formula is C18H20F3NO. The molecule has 0 atom stereocenters. The highest BCUT2D eigenvalue weighted by Crippen LogP contribution is 2.26. The van der Waals surface area contributed by atoms with Crippen LogP contribution >= 0.6 is 0 Å². The van der Waals surface area contributed by atoms with Gasteiger partial charge in [-0.25, -0.2) is 13.2 Å². The molecular weight excluding hydrogens is 303 g/mol. The third-order valence-corrected chi connectivity index (χ3v) is 3.06. The van der Waals surface area contributed by atoms with Gasteiger partial charge in [-0.2, -0.15) is 0 Å². The number of halogens is 3. The maximum Gasteiger partial charge on any atom is 0.149 e. The van der Waals surface area contributed by atoms with Gasteiger partial charge in [0.05, 0.1) is 18.9 Å². The number of para-hydroxylation sites is 1. The molecule has 0 fully saturated rings. The van der Waals surface area contributed by atoms with Crippen LogP contribution in [-0.2, 0) is 11.3 Å². The Morgan fingerprint density at radius 3 is 2.22 bits per heavy atom. The molecule has 2 aromatic carbocycles. The zero-order valence-corrected chi connectivity index (χ0v) is 13.4. The van der Waals surface area contributed by atoms with Crippen molar-refractivity contribution in [1.29, 1.82) is 0 Å². The van der Waals surface area contributed by atoms with E-state index >= 15 is 0 Å². The zero-order valence-electron chi connectivity index (χ0n) is 13.4. The Balaban J connectivity index is 2.15. The van der Waals surface area contributed by atoms with Crippen LogP contribution in [0.5, 0.6) is 0 Å². The third kappa shape index (κ3) is 4.99. The van der Waals surface area contributed by atoms with Gasteiger partial charge in [-0.3, -0.25) is 0 Å². The SMILES string of the molecule is CC(C)(C)COCc1ccc(F)c(Nc2c(F)cccc2F)c1. The van der Waals surface area contributed by atoms with Crippen LogP contribution in [0.1, 0.15) is 26.3 Å². The molecule has 124 valence electrons. The maximum absolute atomic E-state index is 13.9. The van der Waals surface area contributed by atoms with Crippen molar-refractivity contribution in [2.24, 2.45) is 5.41 Å². The average molecular weight is 323 g/mol. The van der Waals surface area contributed by atoms with E-state index in [1.54, 1.807) is 6.07 Å². The van der Waals surface area contributed by atoms with Crippen LogP contribution in [0.2, 0.25) is 0 Å². The van der Waals surface area contributed by atoms with Gasteiger partial charge in [0.15, 0.2) is 0 Å². The van der Waals surface area contributed by atoms with E-state index in [1.165, 1.54) is 18.2 Å². The predicted molar refractivity (Wildman–Crippen MR) is 85.2 cm³/mol. The number of benzene rings is 2. The van der Waals surface area contributed by atoms with Crippen molar-refractivity contribution < 1.29 is 17.9 Å². The Morgan fingerprint density at radius 2 is 1.61 bits per heavy atom. The summed E-state index contributed by atoms with van der Waals surface area (Å²) in [5, 5.41) is 2.48. The lowest BCUT2D eigenvalue weighted by Crippen LogP contribution is -2.14. The van der Waals surface area contributed by atoms with Crippen LogP contribution in [-0.4, -0.2) is 6.61 Å². The highest BCUT2D eigenvalue weighted by Gasteiger charge is 2.13. The van der Waals surface area contributed by atoms with Gasteiger partial charge in [0, 0.05) is 0 Å². The largest absolute Gasteiger partial charge is 0.376 e. The first-order valence-electron chi connectivity index (χ1n) is 7.33. The highest BCUT2D eigenvalue weighted by atomic mass is 19.1. The molecule has 23 heavy (non-hydrogen) atoms. The van der Waals surface area contributed by atoms with Crippen LogP contribution in [0.25, 0.3) is 0 Å². The molecule has 0 heterocycles. The predicted octanol–water partition coefficient (Wildman–Crippen LogP) is 5.41. The second-order valence-electron chi connectivity index (χ2n) is 6.59. The van der Waals surface area contributed by atoms with Gasteiger partial charge in [-0.1, -0.05) is 32.9 Å². The zero-order chi connectivity index (χ0) is 17.0. The minimum Gasteiger partial charge on any atom is -0.376 e. The van der Waals surface area contributed by atoms with Crippen molar-refractivity contribution in [3.8, 4) is 0 Å². The number of ether oxygens (including phenoxy) is 1. The van der Waals surface area contributed by atoms with Gasteiger partial charge in [0.2, 0.25) is 0 Å². The molecule has 5 heteroatoms. The molecule has 0 aliphatic carbocycles. The Labute approximate surface area is 134 Å². The summed E-state index contributed by atoms with van der Waals surface area (Å²) in [6.07, 6.45) is 0. The molecule has 0 unspecified atom stereocenters. The van der Waals surface area contributed by atoms with Gasteiger partial charge in [-0.15, -0.1) is 0 Å². The van der Waals surface area contributed by atoms with Crippen molar-refractivity contribution in [3.63, 3.8) is 0 Å². The van der Waals surface area contributed by atoms with Crippen molar-refractivity contribution in [2.45, 2.75) is 27.4 Å². The van der Waals surface area contributed by atoms with Crippen LogP contribution in [0.15, 0.2) is 36.4 Å². The third-order valence-electron chi connectivity index (χ3n) is 3.06. The van der Waals surface area contributed by atoms with E-state index < -0.39 is 17.5 Å². The summed E-state index contributed by atoms with van der Waals surface area (Å²) >= 11 is 0. The molecule has 0 saturated carbocycles. The average Bonchev–Trinajstić information content (AvgIpc) is 2.44. The summed E-state index contributed by atoms with van der Waals surface area (Å²) in [4.78, 5) is 0. The number of hydrogen-bond donors (Lipinski definition) is 1. The van der Waals surface area contributed by atoms with Crippen molar-refractivity contribution >= 4 is 11.4 Å². The van der Waals surface area contributed by atoms with Crippen molar-refractivity contribution in [3.05, 3.63) is 59.4 Å². The summed E-state index contributed by atoms with van der Waals surface area (Å²) in [5.41, 5.74) is 0.372. The van der Waals surface area contributed by atoms with E-state index in [2.05, 4.69) is 5.32 Å². The maximum atomic E-state index is 13.9. The van der Waals surface area contributed by atoms with E-state index in [9.17, 15) is 13.2 Å². The molecule has 0 spiro atoms. The second-order valence-corrected chi connectivity index (χ2v) is 6.59. The molecule has 0 bridgehead atoms. The molecule has 0 saturated heterocycles. The monoisotopic (exact) mass is 323 g/mol. The van der Waals surface area contributed by atoms with Gasteiger partial charge < -0.3 is 10.1 Å². The highest BCUT2D eigenvalue weighted by molar-refractivity contribution is 5.62. The van der Waals surface area contributed by atoms with E-state index in [-0.39, 0.29) is 16.8 Å². The van der Waals surface area contributed by atoms with E-state index in [0.717, 1.165) is 17.7 Å². The van der Waals surface area contributed by atoms with Gasteiger partial charge >= 0.3 is 0 Å². The van der Waals surface area contributed by atoms with Crippen LogP contribution in [0.4, 0.5) is 24.5 Å². The molecule has 1 N–H and O–H groups in total. The molecule has 2 rings (SSSR count). The normalized spacial score (nSPS) is 11.6.